The van der Waals surface area contributed by atoms with Crippen molar-refractivity contribution in [3.8, 4) is 0 Å². The van der Waals surface area contributed by atoms with Crippen LogP contribution < -0.4 is 11.1 Å². The molecule has 17 heavy (non-hydrogen) atoms. The third-order valence-corrected chi connectivity index (χ3v) is 1.84. The Balaban J connectivity index is 2.29. The Bertz CT molecular complexity index is 368. The molecular formula is C10H12F4N2O. The van der Waals surface area contributed by atoms with E-state index in [0.29, 0.717) is 11.4 Å². The lowest BCUT2D eigenvalue weighted by atomic mass is 10.2. The van der Waals surface area contributed by atoms with E-state index in [4.69, 9.17) is 5.73 Å². The predicted octanol–water partition coefficient (Wildman–Crippen LogP) is 2.40. The molecule has 0 bridgehead atoms. The molecule has 1 aromatic carbocycles. The molecule has 3 N–H and O–H groups in total. The first-order valence-electron chi connectivity index (χ1n) is 4.82. The fraction of sp³-hybridized carbons (Fsp3) is 0.400. The van der Waals surface area contributed by atoms with Crippen LogP contribution in [0.4, 0.5) is 28.9 Å². The lowest BCUT2D eigenvalue weighted by molar-refractivity contribution is -0.172. The number of ether oxygens (including phenoxy) is 1. The molecule has 7 heteroatoms. The van der Waals surface area contributed by atoms with Crippen LogP contribution in [0.15, 0.2) is 18.2 Å². The van der Waals surface area contributed by atoms with E-state index in [9.17, 15) is 17.6 Å². The Hall–Kier alpha value is -1.50. The summed E-state index contributed by atoms with van der Waals surface area (Å²) < 4.78 is 52.3. The maximum absolute atomic E-state index is 12.8. The number of nitrogens with one attached hydrogen (secondary N) is 1. The summed E-state index contributed by atoms with van der Waals surface area (Å²) in [4.78, 5) is 0. The summed E-state index contributed by atoms with van der Waals surface area (Å²) in [6.07, 6.45) is -4.34. The number of anilines is 2. The van der Waals surface area contributed by atoms with Crippen molar-refractivity contribution in [2.45, 2.75) is 6.18 Å². The molecule has 0 aliphatic heterocycles. The summed E-state index contributed by atoms with van der Waals surface area (Å²) in [6.45, 7) is -1.33. The van der Waals surface area contributed by atoms with Crippen molar-refractivity contribution in [2.24, 2.45) is 0 Å². The largest absolute Gasteiger partial charge is 0.411 e. The number of rotatable bonds is 5. The zero-order valence-electron chi connectivity index (χ0n) is 8.85. The van der Waals surface area contributed by atoms with Crippen LogP contribution in [0, 0.1) is 5.82 Å². The number of halogens is 4. The van der Waals surface area contributed by atoms with E-state index in [1.54, 1.807) is 0 Å². The van der Waals surface area contributed by atoms with E-state index in [2.05, 4.69) is 10.1 Å². The predicted molar refractivity (Wildman–Crippen MR) is 56.2 cm³/mol. The molecule has 3 nitrogen and oxygen atoms in total. The van der Waals surface area contributed by atoms with Gasteiger partial charge in [-0.25, -0.2) is 4.39 Å². The van der Waals surface area contributed by atoms with Gasteiger partial charge in [0.05, 0.1) is 18.0 Å². The van der Waals surface area contributed by atoms with Crippen LogP contribution in [-0.4, -0.2) is 25.9 Å². The molecule has 0 heterocycles. The van der Waals surface area contributed by atoms with Gasteiger partial charge in [-0.1, -0.05) is 0 Å². The minimum absolute atomic E-state index is 0.115. The van der Waals surface area contributed by atoms with Gasteiger partial charge >= 0.3 is 6.18 Å². The molecule has 0 fully saturated rings. The smallest absolute Gasteiger partial charge is 0.397 e. The molecule has 0 spiro atoms. The van der Waals surface area contributed by atoms with Crippen molar-refractivity contribution in [2.75, 3.05) is 30.8 Å². The average molecular weight is 252 g/mol. The number of nitrogens with two attached hydrogens (primary N) is 1. The Morgan fingerprint density at radius 2 is 2.00 bits per heavy atom. The van der Waals surface area contributed by atoms with Gasteiger partial charge < -0.3 is 15.8 Å². The average Bonchev–Trinajstić information content (AvgIpc) is 2.21. The second-order valence-electron chi connectivity index (χ2n) is 3.33. The summed E-state index contributed by atoms with van der Waals surface area (Å²) in [7, 11) is 0. The number of alkyl halides is 3. The van der Waals surface area contributed by atoms with Gasteiger partial charge in [-0.2, -0.15) is 13.2 Å². The summed E-state index contributed by atoms with van der Waals surface area (Å²) in [6, 6.07) is 3.73. The summed E-state index contributed by atoms with van der Waals surface area (Å²) in [5.74, 6) is -0.474. The highest BCUT2D eigenvalue weighted by atomic mass is 19.4. The minimum Gasteiger partial charge on any atom is -0.397 e. The van der Waals surface area contributed by atoms with Crippen LogP contribution in [0.25, 0.3) is 0 Å². The van der Waals surface area contributed by atoms with E-state index < -0.39 is 18.6 Å². The first-order valence-corrected chi connectivity index (χ1v) is 4.82. The van der Waals surface area contributed by atoms with Gasteiger partial charge in [-0.3, -0.25) is 0 Å². The Labute approximate surface area is 95.6 Å². The van der Waals surface area contributed by atoms with E-state index in [0.717, 1.165) is 0 Å². The SMILES string of the molecule is Nc1ccc(F)cc1NCCOCC(F)(F)F. The van der Waals surface area contributed by atoms with Crippen molar-refractivity contribution < 1.29 is 22.3 Å². The molecule has 1 aromatic rings. The van der Waals surface area contributed by atoms with Crippen LogP contribution in [0.5, 0.6) is 0 Å². The maximum Gasteiger partial charge on any atom is 0.411 e. The molecule has 0 amide bonds. The van der Waals surface area contributed by atoms with Crippen LogP contribution in [-0.2, 0) is 4.74 Å². The minimum atomic E-state index is -4.34. The first kappa shape index (κ1) is 13.6. The lowest BCUT2D eigenvalue weighted by Crippen LogP contribution is -2.20. The molecule has 0 aliphatic carbocycles. The van der Waals surface area contributed by atoms with Gasteiger partial charge in [0, 0.05) is 6.54 Å². The number of nitrogen functional groups attached to an aromatic ring is 1. The molecule has 0 saturated carbocycles. The topological polar surface area (TPSA) is 47.3 Å². The molecule has 0 atom stereocenters. The molecule has 0 aliphatic rings. The van der Waals surface area contributed by atoms with Gasteiger partial charge in [0.2, 0.25) is 0 Å². The summed E-state index contributed by atoms with van der Waals surface area (Å²) in [5.41, 5.74) is 6.18. The number of benzene rings is 1. The van der Waals surface area contributed by atoms with E-state index in [1.807, 2.05) is 0 Å². The molecule has 0 radical (unpaired) electrons. The van der Waals surface area contributed by atoms with Crippen LogP contribution in [0.2, 0.25) is 0 Å². The Morgan fingerprint density at radius 1 is 1.29 bits per heavy atom. The standard InChI is InChI=1S/C10H12F4N2O/c11-7-1-2-8(15)9(5-7)16-3-4-17-6-10(12,13)14/h1-2,5,16H,3-4,6,15H2. The van der Waals surface area contributed by atoms with E-state index in [-0.39, 0.29) is 13.2 Å². The van der Waals surface area contributed by atoms with Crippen molar-refractivity contribution in [1.29, 1.82) is 0 Å². The van der Waals surface area contributed by atoms with Crippen molar-refractivity contribution in [1.82, 2.24) is 0 Å². The highest BCUT2D eigenvalue weighted by Gasteiger charge is 2.27. The first-order chi connectivity index (χ1) is 7.88. The highest BCUT2D eigenvalue weighted by molar-refractivity contribution is 5.65. The lowest BCUT2D eigenvalue weighted by Gasteiger charge is -2.10. The summed E-state index contributed by atoms with van der Waals surface area (Å²) >= 11 is 0. The Kier molecular flexibility index (Phi) is 4.56. The molecule has 96 valence electrons. The third kappa shape index (κ3) is 5.39. The molecule has 1 rings (SSSR count). The third-order valence-electron chi connectivity index (χ3n) is 1.84. The van der Waals surface area contributed by atoms with Crippen LogP contribution in [0.3, 0.4) is 0 Å². The maximum atomic E-state index is 12.8. The van der Waals surface area contributed by atoms with Crippen molar-refractivity contribution in [3.05, 3.63) is 24.0 Å². The van der Waals surface area contributed by atoms with Gasteiger partial charge in [0.25, 0.3) is 0 Å². The second-order valence-corrected chi connectivity index (χ2v) is 3.33. The monoisotopic (exact) mass is 252 g/mol. The molecule has 0 saturated heterocycles. The van der Waals surface area contributed by atoms with Crippen molar-refractivity contribution >= 4 is 11.4 Å². The number of hydrogen-bond donors (Lipinski definition) is 2. The normalized spacial score (nSPS) is 11.5. The van der Waals surface area contributed by atoms with E-state index >= 15 is 0 Å². The van der Waals surface area contributed by atoms with Crippen LogP contribution >= 0.6 is 0 Å². The molecular weight excluding hydrogens is 240 g/mol. The van der Waals surface area contributed by atoms with Crippen molar-refractivity contribution in [3.63, 3.8) is 0 Å². The van der Waals surface area contributed by atoms with Gasteiger partial charge in [-0.05, 0) is 18.2 Å². The van der Waals surface area contributed by atoms with Crippen LogP contribution in [0.1, 0.15) is 0 Å². The van der Waals surface area contributed by atoms with E-state index in [1.165, 1.54) is 18.2 Å². The summed E-state index contributed by atoms with van der Waals surface area (Å²) in [5, 5.41) is 2.68. The number of hydrogen-bond acceptors (Lipinski definition) is 3. The quantitative estimate of drug-likeness (QED) is 0.480. The Morgan fingerprint density at radius 3 is 2.65 bits per heavy atom. The van der Waals surface area contributed by atoms with Gasteiger partial charge in [-0.15, -0.1) is 0 Å². The van der Waals surface area contributed by atoms with Gasteiger partial charge in [0.1, 0.15) is 12.4 Å². The van der Waals surface area contributed by atoms with Gasteiger partial charge in [0.15, 0.2) is 0 Å². The second kappa shape index (κ2) is 5.72. The fourth-order valence-electron chi connectivity index (χ4n) is 1.13. The molecule has 0 unspecified atom stereocenters. The zero-order chi connectivity index (χ0) is 12.9. The fourth-order valence-corrected chi connectivity index (χ4v) is 1.13. The molecule has 0 aromatic heterocycles. The highest BCUT2D eigenvalue weighted by Crippen LogP contribution is 2.19. The zero-order valence-corrected chi connectivity index (χ0v) is 8.85.